The SMILES string of the molecule is CC(C(=O)Nc1ccccc1)n1c(O)c(/C=C2\C=Nc3ccccc32)sc1=S. The second-order valence-electron chi connectivity index (χ2n) is 6.33. The molecule has 2 N–H and O–H groups in total. The summed E-state index contributed by atoms with van der Waals surface area (Å²) in [5.74, 6) is -0.265. The highest BCUT2D eigenvalue weighted by molar-refractivity contribution is 7.73. The molecule has 1 aromatic heterocycles. The number of benzene rings is 2. The van der Waals surface area contributed by atoms with Crippen molar-refractivity contribution in [3.63, 3.8) is 0 Å². The van der Waals surface area contributed by atoms with Crippen LogP contribution in [0.15, 0.2) is 59.6 Å². The van der Waals surface area contributed by atoms with Gasteiger partial charge in [0.2, 0.25) is 11.8 Å². The fourth-order valence-electron chi connectivity index (χ4n) is 3.01. The summed E-state index contributed by atoms with van der Waals surface area (Å²) in [7, 11) is 0. The Kier molecular flexibility index (Phi) is 4.93. The minimum absolute atomic E-state index is 0.0176. The Bertz CT molecular complexity index is 1160. The molecule has 2 aromatic carbocycles. The monoisotopic (exact) mass is 407 g/mol. The van der Waals surface area contributed by atoms with Crippen LogP contribution in [0, 0.1) is 3.95 Å². The smallest absolute Gasteiger partial charge is 0.247 e. The number of nitrogens with one attached hydrogen (secondary N) is 1. The summed E-state index contributed by atoms with van der Waals surface area (Å²) in [5.41, 5.74) is 3.49. The predicted octanol–water partition coefficient (Wildman–Crippen LogP) is 5.44. The molecular formula is C21H17N3O2S2. The quantitative estimate of drug-likeness (QED) is 0.566. The van der Waals surface area contributed by atoms with E-state index in [9.17, 15) is 9.90 Å². The molecule has 1 aliphatic rings. The Morgan fingerprint density at radius 2 is 1.93 bits per heavy atom. The largest absolute Gasteiger partial charge is 0.493 e. The molecule has 2 heterocycles. The molecule has 0 spiro atoms. The first-order chi connectivity index (χ1) is 13.5. The van der Waals surface area contributed by atoms with Crippen molar-refractivity contribution in [1.29, 1.82) is 0 Å². The number of carbonyl (C=O) groups is 1. The number of aliphatic imine (C=N–C) groups is 1. The van der Waals surface area contributed by atoms with Crippen molar-refractivity contribution in [2.75, 3.05) is 5.32 Å². The summed E-state index contributed by atoms with van der Waals surface area (Å²) in [5, 5.41) is 13.6. The van der Waals surface area contributed by atoms with Crippen molar-refractivity contribution in [2.24, 2.45) is 4.99 Å². The normalized spacial score (nSPS) is 14.8. The highest BCUT2D eigenvalue weighted by Gasteiger charge is 2.22. The van der Waals surface area contributed by atoms with Crippen molar-refractivity contribution in [3.8, 4) is 5.88 Å². The topological polar surface area (TPSA) is 66.6 Å². The van der Waals surface area contributed by atoms with Gasteiger partial charge in [-0.2, -0.15) is 0 Å². The first-order valence-electron chi connectivity index (χ1n) is 8.70. The Balaban J connectivity index is 1.63. The predicted molar refractivity (Wildman–Crippen MR) is 117 cm³/mol. The molecule has 0 fully saturated rings. The maximum Gasteiger partial charge on any atom is 0.247 e. The summed E-state index contributed by atoms with van der Waals surface area (Å²) in [6, 6.07) is 16.3. The second-order valence-corrected chi connectivity index (χ2v) is 8.01. The van der Waals surface area contributed by atoms with Crippen LogP contribution in [0.5, 0.6) is 5.88 Å². The zero-order valence-corrected chi connectivity index (χ0v) is 16.6. The zero-order chi connectivity index (χ0) is 19.7. The summed E-state index contributed by atoms with van der Waals surface area (Å²) in [4.78, 5) is 17.6. The van der Waals surface area contributed by atoms with Crippen LogP contribution in [0.4, 0.5) is 11.4 Å². The van der Waals surface area contributed by atoms with Gasteiger partial charge in [-0.1, -0.05) is 36.4 Å². The Hall–Kier alpha value is -3.03. The second kappa shape index (κ2) is 7.53. The van der Waals surface area contributed by atoms with Gasteiger partial charge in [0.15, 0.2) is 3.95 Å². The molecule has 1 aliphatic heterocycles. The van der Waals surface area contributed by atoms with Crippen LogP contribution in [0.3, 0.4) is 0 Å². The third kappa shape index (κ3) is 3.42. The minimum atomic E-state index is -0.652. The first-order valence-corrected chi connectivity index (χ1v) is 9.92. The summed E-state index contributed by atoms with van der Waals surface area (Å²) < 4.78 is 1.91. The molecule has 4 rings (SSSR count). The molecule has 0 bridgehead atoms. The molecule has 0 aliphatic carbocycles. The van der Waals surface area contributed by atoms with Crippen LogP contribution in [0.1, 0.15) is 23.4 Å². The van der Waals surface area contributed by atoms with Crippen molar-refractivity contribution in [1.82, 2.24) is 4.57 Å². The molecule has 5 nitrogen and oxygen atoms in total. The summed E-state index contributed by atoms with van der Waals surface area (Å²) in [6.45, 7) is 1.71. The standard InChI is InChI=1S/C21H17N3O2S2/c1-13(19(25)23-15-7-3-2-4-8-15)24-20(26)18(28-21(24)27)11-14-12-22-17-10-6-5-9-16(14)17/h2-13,26H,1H3,(H,23,25)/b14-11+. The number of amides is 1. The maximum absolute atomic E-state index is 12.6. The van der Waals surface area contributed by atoms with Crippen molar-refractivity contribution in [3.05, 3.63) is 69.0 Å². The van der Waals surface area contributed by atoms with E-state index in [1.165, 1.54) is 15.9 Å². The zero-order valence-electron chi connectivity index (χ0n) is 15.0. The number of hydrogen-bond acceptors (Lipinski definition) is 5. The number of allylic oxidation sites excluding steroid dienone is 1. The van der Waals surface area contributed by atoms with E-state index in [1.54, 1.807) is 13.1 Å². The molecule has 140 valence electrons. The third-order valence-corrected chi connectivity index (χ3v) is 5.83. The Morgan fingerprint density at radius 3 is 2.71 bits per heavy atom. The Morgan fingerprint density at radius 1 is 1.21 bits per heavy atom. The molecule has 0 saturated heterocycles. The van der Waals surface area contributed by atoms with Gasteiger partial charge in [-0.25, -0.2) is 0 Å². The minimum Gasteiger partial charge on any atom is -0.493 e. The van der Waals surface area contributed by atoms with Gasteiger partial charge < -0.3 is 10.4 Å². The van der Waals surface area contributed by atoms with E-state index >= 15 is 0 Å². The molecule has 1 unspecified atom stereocenters. The van der Waals surface area contributed by atoms with Gasteiger partial charge >= 0.3 is 0 Å². The molecule has 1 atom stereocenters. The lowest BCUT2D eigenvalue weighted by atomic mass is 10.1. The summed E-state index contributed by atoms with van der Waals surface area (Å²) >= 11 is 6.68. The molecular weight excluding hydrogens is 390 g/mol. The molecule has 28 heavy (non-hydrogen) atoms. The maximum atomic E-state index is 12.6. The summed E-state index contributed by atoms with van der Waals surface area (Å²) in [6.07, 6.45) is 3.62. The van der Waals surface area contributed by atoms with Crippen LogP contribution in [-0.4, -0.2) is 21.8 Å². The average Bonchev–Trinajstić information content (AvgIpc) is 3.23. The van der Waals surface area contributed by atoms with E-state index in [4.69, 9.17) is 12.2 Å². The van der Waals surface area contributed by atoms with Gasteiger partial charge in [-0.3, -0.25) is 14.4 Å². The van der Waals surface area contributed by atoms with Gasteiger partial charge in [0.05, 0.1) is 10.6 Å². The molecule has 0 radical (unpaired) electrons. The van der Waals surface area contributed by atoms with E-state index < -0.39 is 6.04 Å². The number of aromatic nitrogens is 1. The lowest BCUT2D eigenvalue weighted by Gasteiger charge is -2.14. The van der Waals surface area contributed by atoms with Gasteiger partial charge in [-0.15, -0.1) is 11.3 Å². The highest BCUT2D eigenvalue weighted by Crippen LogP contribution is 2.37. The number of aromatic hydroxyl groups is 1. The molecule has 7 heteroatoms. The van der Waals surface area contributed by atoms with Crippen LogP contribution in [0.2, 0.25) is 0 Å². The van der Waals surface area contributed by atoms with Crippen molar-refractivity contribution >= 4 is 58.7 Å². The van der Waals surface area contributed by atoms with Gasteiger partial charge in [0.25, 0.3) is 0 Å². The average molecular weight is 408 g/mol. The van der Waals surface area contributed by atoms with Gasteiger partial charge in [0, 0.05) is 23.0 Å². The Labute approximate surface area is 171 Å². The number of para-hydroxylation sites is 2. The van der Waals surface area contributed by atoms with Crippen molar-refractivity contribution in [2.45, 2.75) is 13.0 Å². The first kappa shape index (κ1) is 18.3. The fourth-order valence-corrected chi connectivity index (χ4v) is 4.43. The third-order valence-electron chi connectivity index (χ3n) is 4.49. The van der Waals surface area contributed by atoms with Crippen LogP contribution >= 0.6 is 23.6 Å². The lowest BCUT2D eigenvalue weighted by molar-refractivity contribution is -0.118. The van der Waals surface area contributed by atoms with E-state index in [-0.39, 0.29) is 11.8 Å². The van der Waals surface area contributed by atoms with E-state index in [0.29, 0.717) is 14.5 Å². The van der Waals surface area contributed by atoms with Crippen molar-refractivity contribution < 1.29 is 9.90 Å². The fraction of sp³-hybridized carbons (Fsp3) is 0.0952. The lowest BCUT2D eigenvalue weighted by Crippen LogP contribution is -2.23. The van der Waals surface area contributed by atoms with E-state index in [1.807, 2.05) is 60.7 Å². The van der Waals surface area contributed by atoms with Gasteiger partial charge in [-0.05, 0) is 43.4 Å². The van der Waals surface area contributed by atoms with E-state index in [0.717, 1.165) is 16.8 Å². The molecule has 0 saturated carbocycles. The van der Waals surface area contributed by atoms with E-state index in [2.05, 4.69) is 10.3 Å². The molecule has 1 amide bonds. The van der Waals surface area contributed by atoms with Crippen LogP contribution in [-0.2, 0) is 4.79 Å². The number of fused-ring (bicyclic) bond motifs is 1. The number of nitrogens with zero attached hydrogens (tertiary/aromatic N) is 2. The number of anilines is 1. The number of thiazole rings is 1. The number of rotatable bonds is 4. The number of carbonyl (C=O) groups excluding carboxylic acids is 1. The van der Waals surface area contributed by atoms with Gasteiger partial charge in [0.1, 0.15) is 6.04 Å². The van der Waals surface area contributed by atoms with Crippen LogP contribution < -0.4 is 5.32 Å². The molecule has 3 aromatic rings. The van der Waals surface area contributed by atoms with Crippen LogP contribution in [0.25, 0.3) is 11.6 Å². The number of hydrogen-bond donors (Lipinski definition) is 2. The highest BCUT2D eigenvalue weighted by atomic mass is 32.1.